The van der Waals surface area contributed by atoms with Gasteiger partial charge >= 0.3 is 6.01 Å². The Morgan fingerprint density at radius 3 is 2.76 bits per heavy atom. The van der Waals surface area contributed by atoms with Crippen molar-refractivity contribution in [3.05, 3.63) is 35.9 Å². The van der Waals surface area contributed by atoms with E-state index in [1.165, 1.54) is 24.8 Å². The number of aromatic amines is 1. The number of anilines is 1. The Bertz CT molecular complexity index is 1330. The number of rotatable bonds is 10. The third-order valence-electron chi connectivity index (χ3n) is 9.10. The minimum absolute atomic E-state index is 0.0991. The van der Waals surface area contributed by atoms with E-state index in [4.69, 9.17) is 19.7 Å². The topological polar surface area (TPSA) is 125 Å². The van der Waals surface area contributed by atoms with Crippen LogP contribution in [0.1, 0.15) is 55.7 Å². The molecule has 4 heterocycles. The van der Waals surface area contributed by atoms with E-state index in [0.717, 1.165) is 66.9 Å². The SMILES string of the molecule is N#C[C@@H]1C[C@@H]1COc1nc(COCNC2CC3CCC32)cc(N2CCC(c3c[nH]c4nccnc34)CC2)n1. The summed E-state index contributed by atoms with van der Waals surface area (Å²) < 4.78 is 12.0. The maximum Gasteiger partial charge on any atom is 0.318 e. The van der Waals surface area contributed by atoms with Crippen LogP contribution in [0.25, 0.3) is 11.2 Å². The Kier molecular flexibility index (Phi) is 6.34. The zero-order chi connectivity index (χ0) is 25.5. The third kappa shape index (κ3) is 4.69. The van der Waals surface area contributed by atoms with E-state index < -0.39 is 0 Å². The first kappa shape index (κ1) is 23.8. The molecule has 38 heavy (non-hydrogen) atoms. The summed E-state index contributed by atoms with van der Waals surface area (Å²) >= 11 is 0. The smallest absolute Gasteiger partial charge is 0.318 e. The first-order chi connectivity index (χ1) is 18.7. The van der Waals surface area contributed by atoms with Gasteiger partial charge in [0.1, 0.15) is 11.3 Å². The highest BCUT2D eigenvalue weighted by atomic mass is 16.5. The zero-order valence-electron chi connectivity index (χ0n) is 21.6. The van der Waals surface area contributed by atoms with Gasteiger partial charge in [-0.3, -0.25) is 10.3 Å². The van der Waals surface area contributed by atoms with Crippen LogP contribution in [0.15, 0.2) is 24.7 Å². The summed E-state index contributed by atoms with van der Waals surface area (Å²) in [5, 5.41) is 12.7. The fourth-order valence-electron chi connectivity index (χ4n) is 6.41. The van der Waals surface area contributed by atoms with Crippen molar-refractivity contribution in [2.75, 3.05) is 31.3 Å². The fourth-order valence-corrected chi connectivity index (χ4v) is 6.41. The van der Waals surface area contributed by atoms with E-state index in [0.29, 0.717) is 37.9 Å². The number of hydrogen-bond donors (Lipinski definition) is 2. The standard InChI is InChI=1S/C28H34N8O2/c29-12-19-9-20(19)14-38-28-34-21(15-37-16-33-24-10-18-1-2-22(18)24)11-25(35-28)36-7-3-17(4-8-36)23-13-32-27-26(23)30-5-6-31-27/h5-6,11,13,17-20,22,24,33H,1-4,7-10,14-16H2,(H,31,32)/t18?,19-,20+,22?,24?/m0/s1. The summed E-state index contributed by atoms with van der Waals surface area (Å²) in [7, 11) is 0. The van der Waals surface area contributed by atoms with E-state index in [-0.39, 0.29) is 11.8 Å². The predicted molar refractivity (Wildman–Crippen MR) is 140 cm³/mol. The van der Waals surface area contributed by atoms with Crippen LogP contribution < -0.4 is 15.0 Å². The Balaban J connectivity index is 0.998. The van der Waals surface area contributed by atoms with Crippen LogP contribution in [0.3, 0.4) is 0 Å². The number of aromatic nitrogens is 5. The van der Waals surface area contributed by atoms with E-state index >= 15 is 0 Å². The Morgan fingerprint density at radius 1 is 1.11 bits per heavy atom. The molecule has 3 saturated carbocycles. The molecule has 5 atom stereocenters. The Labute approximate surface area is 222 Å². The van der Waals surface area contributed by atoms with Gasteiger partial charge in [-0.25, -0.2) is 4.98 Å². The van der Waals surface area contributed by atoms with Crippen LogP contribution in [-0.4, -0.2) is 57.4 Å². The van der Waals surface area contributed by atoms with Gasteiger partial charge in [0.15, 0.2) is 5.65 Å². The molecule has 198 valence electrons. The fraction of sp³-hybridized carbons (Fsp3) is 0.607. The van der Waals surface area contributed by atoms with Crippen molar-refractivity contribution >= 4 is 17.0 Å². The quantitative estimate of drug-likeness (QED) is 0.309. The number of piperidine rings is 1. The molecule has 4 aliphatic rings. The molecule has 0 radical (unpaired) electrons. The van der Waals surface area contributed by atoms with Crippen molar-refractivity contribution < 1.29 is 9.47 Å². The monoisotopic (exact) mass is 514 g/mol. The van der Waals surface area contributed by atoms with Gasteiger partial charge in [-0.1, -0.05) is 0 Å². The number of ether oxygens (including phenoxy) is 2. The lowest BCUT2D eigenvalue weighted by Crippen LogP contribution is -2.55. The number of hydrogen-bond acceptors (Lipinski definition) is 9. The molecule has 4 fully saturated rings. The van der Waals surface area contributed by atoms with Crippen LogP contribution in [0, 0.1) is 35.0 Å². The van der Waals surface area contributed by atoms with Gasteiger partial charge in [-0.15, -0.1) is 0 Å². The highest BCUT2D eigenvalue weighted by molar-refractivity contribution is 5.75. The molecular weight excluding hydrogens is 480 g/mol. The molecule has 10 nitrogen and oxygen atoms in total. The third-order valence-corrected chi connectivity index (χ3v) is 9.10. The minimum atomic E-state index is 0.0991. The number of fused-ring (bicyclic) bond motifs is 2. The van der Waals surface area contributed by atoms with Gasteiger partial charge in [-0.05, 0) is 56.3 Å². The maximum atomic E-state index is 9.12. The van der Waals surface area contributed by atoms with Gasteiger partial charge in [0.25, 0.3) is 0 Å². The average molecular weight is 515 g/mol. The summed E-state index contributed by atoms with van der Waals surface area (Å²) in [6, 6.07) is 5.35. The number of nitrogens with zero attached hydrogens (tertiary/aromatic N) is 6. The molecule has 3 aliphatic carbocycles. The van der Waals surface area contributed by atoms with Crippen LogP contribution >= 0.6 is 0 Å². The van der Waals surface area contributed by atoms with Gasteiger partial charge in [0.2, 0.25) is 0 Å². The summed E-state index contributed by atoms with van der Waals surface area (Å²) in [6.07, 6.45) is 12.5. The second kappa shape index (κ2) is 10.1. The van der Waals surface area contributed by atoms with Crippen LogP contribution in [0.5, 0.6) is 6.01 Å². The number of H-pyrrole nitrogens is 1. The molecule has 1 aliphatic heterocycles. The molecular formula is C28H34N8O2. The van der Waals surface area contributed by atoms with E-state index in [9.17, 15) is 0 Å². The summed E-state index contributed by atoms with van der Waals surface area (Å²) in [4.78, 5) is 23.9. The first-order valence-electron chi connectivity index (χ1n) is 14.0. The van der Waals surface area contributed by atoms with Crippen LogP contribution in [-0.2, 0) is 11.3 Å². The summed E-state index contributed by atoms with van der Waals surface area (Å²) in [6.45, 7) is 3.21. The lowest BCUT2D eigenvalue weighted by molar-refractivity contribution is -0.0194. The van der Waals surface area contributed by atoms with E-state index in [2.05, 4.69) is 42.4 Å². The van der Waals surface area contributed by atoms with Crippen LogP contribution in [0.4, 0.5) is 5.82 Å². The molecule has 0 spiro atoms. The second-order valence-electron chi connectivity index (χ2n) is 11.3. The maximum absolute atomic E-state index is 9.12. The van der Waals surface area contributed by atoms with Gasteiger partial charge < -0.3 is 19.4 Å². The van der Waals surface area contributed by atoms with Gasteiger partial charge in [-0.2, -0.15) is 15.2 Å². The zero-order valence-corrected chi connectivity index (χ0v) is 21.6. The number of nitrogens with one attached hydrogen (secondary N) is 2. The Hall–Kier alpha value is -3.29. The largest absolute Gasteiger partial charge is 0.463 e. The van der Waals surface area contributed by atoms with Crippen molar-refractivity contribution in [3.8, 4) is 12.1 Å². The van der Waals surface area contributed by atoms with Gasteiger partial charge in [0, 0.05) is 55.3 Å². The van der Waals surface area contributed by atoms with Crippen molar-refractivity contribution in [2.45, 2.75) is 57.1 Å². The van der Waals surface area contributed by atoms with Crippen molar-refractivity contribution in [1.82, 2.24) is 30.2 Å². The summed E-state index contributed by atoms with van der Waals surface area (Å²) in [5.41, 5.74) is 3.89. The molecule has 2 N–H and O–H groups in total. The molecule has 3 unspecified atom stereocenters. The van der Waals surface area contributed by atoms with Crippen LogP contribution in [0.2, 0.25) is 0 Å². The minimum Gasteiger partial charge on any atom is -0.463 e. The number of nitriles is 1. The molecule has 3 aromatic rings. The summed E-state index contributed by atoms with van der Waals surface area (Å²) in [5.74, 6) is 3.51. The average Bonchev–Trinajstić information content (AvgIpc) is 3.59. The second-order valence-corrected chi connectivity index (χ2v) is 11.3. The van der Waals surface area contributed by atoms with E-state index in [1.54, 1.807) is 12.4 Å². The van der Waals surface area contributed by atoms with Crippen molar-refractivity contribution in [1.29, 1.82) is 5.26 Å². The molecule has 0 aromatic carbocycles. The molecule has 0 amide bonds. The molecule has 1 saturated heterocycles. The molecule has 10 heteroatoms. The van der Waals surface area contributed by atoms with Gasteiger partial charge in [0.05, 0.1) is 37.6 Å². The first-order valence-corrected chi connectivity index (χ1v) is 14.0. The van der Waals surface area contributed by atoms with Crippen molar-refractivity contribution in [2.24, 2.45) is 23.7 Å². The van der Waals surface area contributed by atoms with E-state index in [1.807, 2.05) is 6.07 Å². The lowest BCUT2D eigenvalue weighted by atomic mass is 9.56. The Morgan fingerprint density at radius 2 is 2.00 bits per heavy atom. The lowest BCUT2D eigenvalue weighted by Gasteiger charge is -2.53. The van der Waals surface area contributed by atoms with Crippen molar-refractivity contribution in [3.63, 3.8) is 0 Å². The molecule has 7 rings (SSSR count). The molecule has 3 aromatic heterocycles. The molecule has 0 bridgehead atoms. The predicted octanol–water partition coefficient (Wildman–Crippen LogP) is 3.53. The normalized spacial score (nSPS) is 28.3. The highest BCUT2D eigenvalue weighted by Gasteiger charge is 2.46. The highest BCUT2D eigenvalue weighted by Crippen LogP contribution is 2.50.